The molecule has 0 amide bonds. The second-order valence-electron chi connectivity index (χ2n) is 6.99. The Morgan fingerprint density at radius 3 is 2.60 bits per heavy atom. The maximum atomic E-state index is 13.8. The molecule has 0 radical (unpaired) electrons. The van der Waals surface area contributed by atoms with Crippen LogP contribution in [-0.2, 0) is 17.7 Å². The first-order valence-corrected chi connectivity index (χ1v) is 9.60. The summed E-state index contributed by atoms with van der Waals surface area (Å²) in [6.45, 7) is 8.70. The van der Waals surface area contributed by atoms with Gasteiger partial charge in [0.1, 0.15) is 5.82 Å². The summed E-state index contributed by atoms with van der Waals surface area (Å²) in [6.07, 6.45) is 0. The quantitative estimate of drug-likeness (QED) is 0.668. The molecule has 1 aromatic heterocycles. The predicted molar refractivity (Wildman–Crippen MR) is 102 cm³/mol. The van der Waals surface area contributed by atoms with Crippen molar-refractivity contribution in [1.29, 1.82) is 0 Å². The van der Waals surface area contributed by atoms with Crippen molar-refractivity contribution in [2.75, 3.05) is 5.75 Å². The van der Waals surface area contributed by atoms with E-state index >= 15 is 0 Å². The SMILES string of the molecule is Cc1c(C(=O)O)cc(C(C)(C)C)n1CCSCc1c(F)cccc1Cl. The van der Waals surface area contributed by atoms with E-state index in [2.05, 4.69) is 25.3 Å². The van der Waals surface area contributed by atoms with Crippen LogP contribution >= 0.6 is 23.4 Å². The third-order valence-corrected chi connectivity index (χ3v) is 5.45. The molecular weight excluding hydrogens is 361 g/mol. The topological polar surface area (TPSA) is 42.2 Å². The smallest absolute Gasteiger partial charge is 0.337 e. The number of aromatic carboxylic acids is 1. The first kappa shape index (κ1) is 19.9. The highest BCUT2D eigenvalue weighted by atomic mass is 35.5. The number of thioether (sulfide) groups is 1. The van der Waals surface area contributed by atoms with E-state index in [1.807, 2.05) is 6.92 Å². The number of aromatic nitrogens is 1. The van der Waals surface area contributed by atoms with Crippen molar-refractivity contribution in [3.8, 4) is 0 Å². The molecule has 0 fully saturated rings. The molecule has 0 saturated heterocycles. The van der Waals surface area contributed by atoms with Gasteiger partial charge in [0, 0.05) is 45.4 Å². The van der Waals surface area contributed by atoms with Crippen molar-refractivity contribution in [2.45, 2.75) is 45.4 Å². The van der Waals surface area contributed by atoms with E-state index in [0.29, 0.717) is 28.4 Å². The molecule has 0 bridgehead atoms. The molecule has 0 unspecified atom stereocenters. The summed E-state index contributed by atoms with van der Waals surface area (Å²) in [5.74, 6) is 0.0263. The number of hydrogen-bond acceptors (Lipinski definition) is 2. The Bertz CT molecular complexity index is 760. The number of carbonyl (C=O) groups is 1. The summed E-state index contributed by atoms with van der Waals surface area (Å²) in [5, 5.41) is 9.81. The molecule has 6 heteroatoms. The molecule has 0 spiro atoms. The van der Waals surface area contributed by atoms with Gasteiger partial charge in [-0.05, 0) is 25.1 Å². The number of carboxylic acids is 1. The molecule has 0 aliphatic carbocycles. The van der Waals surface area contributed by atoms with Crippen molar-refractivity contribution in [3.63, 3.8) is 0 Å². The fourth-order valence-corrected chi connectivity index (χ4v) is 4.03. The lowest BCUT2D eigenvalue weighted by atomic mass is 9.92. The second-order valence-corrected chi connectivity index (χ2v) is 8.50. The monoisotopic (exact) mass is 383 g/mol. The Kier molecular flexibility index (Phi) is 6.22. The number of benzene rings is 1. The molecule has 25 heavy (non-hydrogen) atoms. The Hall–Kier alpha value is -1.46. The molecule has 3 nitrogen and oxygen atoms in total. The van der Waals surface area contributed by atoms with Crippen LogP contribution in [0.25, 0.3) is 0 Å². The van der Waals surface area contributed by atoms with Crippen LogP contribution in [0.2, 0.25) is 5.02 Å². The van der Waals surface area contributed by atoms with Crippen LogP contribution in [0.1, 0.15) is 48.1 Å². The molecule has 1 heterocycles. The highest BCUT2D eigenvalue weighted by Gasteiger charge is 2.24. The van der Waals surface area contributed by atoms with Gasteiger partial charge in [-0.25, -0.2) is 9.18 Å². The van der Waals surface area contributed by atoms with Crippen LogP contribution in [-0.4, -0.2) is 21.4 Å². The molecule has 136 valence electrons. The van der Waals surface area contributed by atoms with Crippen LogP contribution in [0.15, 0.2) is 24.3 Å². The Morgan fingerprint density at radius 2 is 2.04 bits per heavy atom. The zero-order chi connectivity index (χ0) is 18.8. The van der Waals surface area contributed by atoms with Crippen molar-refractivity contribution >= 4 is 29.3 Å². The normalized spacial score (nSPS) is 11.8. The van der Waals surface area contributed by atoms with Crippen molar-refractivity contribution in [1.82, 2.24) is 4.57 Å². The fraction of sp³-hybridized carbons (Fsp3) is 0.421. The zero-order valence-corrected chi connectivity index (χ0v) is 16.5. The Morgan fingerprint density at radius 1 is 1.36 bits per heavy atom. The van der Waals surface area contributed by atoms with E-state index in [1.54, 1.807) is 30.0 Å². The maximum absolute atomic E-state index is 13.8. The van der Waals surface area contributed by atoms with Crippen LogP contribution in [0.5, 0.6) is 0 Å². The Labute approximate surface area is 157 Å². The number of nitrogens with zero attached hydrogens (tertiary/aromatic N) is 1. The first-order valence-electron chi connectivity index (χ1n) is 8.07. The van der Waals surface area contributed by atoms with E-state index in [4.69, 9.17) is 11.6 Å². The lowest BCUT2D eigenvalue weighted by Gasteiger charge is -2.22. The van der Waals surface area contributed by atoms with Crippen molar-refractivity contribution in [3.05, 3.63) is 57.6 Å². The van der Waals surface area contributed by atoms with E-state index in [1.165, 1.54) is 6.07 Å². The van der Waals surface area contributed by atoms with Gasteiger partial charge in [0.25, 0.3) is 0 Å². The van der Waals surface area contributed by atoms with E-state index in [0.717, 1.165) is 17.1 Å². The zero-order valence-electron chi connectivity index (χ0n) is 14.9. The number of carboxylic acid groups (broad SMARTS) is 1. The number of halogens is 2. The maximum Gasteiger partial charge on any atom is 0.337 e. The summed E-state index contributed by atoms with van der Waals surface area (Å²) in [5.41, 5.74) is 2.44. The largest absolute Gasteiger partial charge is 0.478 e. The minimum Gasteiger partial charge on any atom is -0.478 e. The average Bonchev–Trinajstić information content (AvgIpc) is 2.83. The average molecular weight is 384 g/mol. The third-order valence-electron chi connectivity index (χ3n) is 4.13. The molecule has 2 rings (SSSR count). The first-order chi connectivity index (χ1) is 11.6. The Balaban J connectivity index is 2.11. The standard InChI is InChI=1S/C19H23ClFNO2S/c1-12-13(18(23)24)10-17(19(2,3)4)22(12)8-9-25-11-14-15(20)6-5-7-16(14)21/h5-7,10H,8-9,11H2,1-4H3,(H,23,24). The minimum absolute atomic E-state index is 0.155. The van der Waals surface area contributed by atoms with E-state index < -0.39 is 5.97 Å². The van der Waals surface area contributed by atoms with Crippen molar-refractivity contribution in [2.24, 2.45) is 0 Å². The lowest BCUT2D eigenvalue weighted by Crippen LogP contribution is -2.19. The van der Waals surface area contributed by atoms with E-state index in [9.17, 15) is 14.3 Å². The van der Waals surface area contributed by atoms with Gasteiger partial charge in [0.05, 0.1) is 5.56 Å². The molecule has 0 aliphatic heterocycles. The van der Waals surface area contributed by atoms with Crippen LogP contribution < -0.4 is 0 Å². The number of hydrogen-bond donors (Lipinski definition) is 1. The molecule has 1 N–H and O–H groups in total. The second kappa shape index (κ2) is 7.83. The van der Waals surface area contributed by atoms with Gasteiger partial charge < -0.3 is 9.67 Å². The molecule has 1 aromatic carbocycles. The van der Waals surface area contributed by atoms with Gasteiger partial charge in [-0.1, -0.05) is 38.4 Å². The minimum atomic E-state index is -0.910. The molecule has 0 aliphatic rings. The summed E-state index contributed by atoms with van der Waals surface area (Å²) in [6, 6.07) is 6.45. The molecular formula is C19H23ClFNO2S. The fourth-order valence-electron chi connectivity index (χ4n) is 2.77. The molecule has 0 saturated carbocycles. The molecule has 0 atom stereocenters. The lowest BCUT2D eigenvalue weighted by molar-refractivity contribution is 0.0696. The van der Waals surface area contributed by atoms with E-state index in [-0.39, 0.29) is 11.2 Å². The summed E-state index contributed by atoms with van der Waals surface area (Å²) >= 11 is 7.63. The van der Waals surface area contributed by atoms with Crippen LogP contribution in [0, 0.1) is 12.7 Å². The third kappa shape index (κ3) is 4.59. The summed E-state index contributed by atoms with van der Waals surface area (Å²) < 4.78 is 15.9. The summed E-state index contributed by atoms with van der Waals surface area (Å²) in [4.78, 5) is 11.4. The van der Waals surface area contributed by atoms with Gasteiger partial charge in [-0.2, -0.15) is 11.8 Å². The van der Waals surface area contributed by atoms with Crippen LogP contribution in [0.4, 0.5) is 4.39 Å². The molecule has 2 aromatic rings. The summed E-state index contributed by atoms with van der Waals surface area (Å²) in [7, 11) is 0. The van der Waals surface area contributed by atoms with Gasteiger partial charge in [-0.3, -0.25) is 0 Å². The predicted octanol–water partition coefficient (Wildman–Crippen LogP) is 5.52. The van der Waals surface area contributed by atoms with Crippen LogP contribution in [0.3, 0.4) is 0 Å². The van der Waals surface area contributed by atoms with Gasteiger partial charge in [-0.15, -0.1) is 0 Å². The van der Waals surface area contributed by atoms with Gasteiger partial charge >= 0.3 is 5.97 Å². The number of rotatable bonds is 6. The van der Waals surface area contributed by atoms with Crippen molar-refractivity contribution < 1.29 is 14.3 Å². The highest BCUT2D eigenvalue weighted by molar-refractivity contribution is 7.98. The highest BCUT2D eigenvalue weighted by Crippen LogP contribution is 2.29. The van der Waals surface area contributed by atoms with Gasteiger partial charge in [0.15, 0.2) is 0 Å². The van der Waals surface area contributed by atoms with Gasteiger partial charge in [0.2, 0.25) is 0 Å².